The van der Waals surface area contributed by atoms with Crippen LogP contribution in [0.1, 0.15) is 61.4 Å². The Hall–Kier alpha value is -2.89. The molecule has 0 bridgehead atoms. The van der Waals surface area contributed by atoms with Crippen LogP contribution in [0.5, 0.6) is 5.75 Å². The van der Waals surface area contributed by atoms with E-state index in [2.05, 4.69) is 25.8 Å². The fourth-order valence-corrected chi connectivity index (χ4v) is 3.83. The highest BCUT2D eigenvalue weighted by Gasteiger charge is 2.34. The third-order valence-corrected chi connectivity index (χ3v) is 5.35. The van der Waals surface area contributed by atoms with Gasteiger partial charge in [-0.15, -0.1) is 0 Å². The molecule has 146 valence electrons. The molecule has 0 saturated carbocycles. The lowest BCUT2D eigenvalue weighted by Gasteiger charge is -2.26. The van der Waals surface area contributed by atoms with E-state index in [4.69, 9.17) is 9.84 Å². The monoisotopic (exact) mass is 378 g/mol. The van der Waals surface area contributed by atoms with Gasteiger partial charge < -0.3 is 9.64 Å². The summed E-state index contributed by atoms with van der Waals surface area (Å²) in [4.78, 5) is 19.7. The average Bonchev–Trinajstić information content (AvgIpc) is 3.33. The number of hydrogen-bond acceptors (Lipinski definition) is 4. The highest BCUT2D eigenvalue weighted by Crippen LogP contribution is 2.35. The topological polar surface area (TPSA) is 59.7 Å². The molecule has 3 heterocycles. The number of benzene rings is 1. The number of rotatable bonds is 3. The van der Waals surface area contributed by atoms with Gasteiger partial charge in [0.2, 0.25) is 0 Å². The van der Waals surface area contributed by atoms with Crippen molar-refractivity contribution in [3.05, 3.63) is 59.5 Å². The summed E-state index contributed by atoms with van der Waals surface area (Å²) in [5.74, 6) is 0.597. The standard InChI is InChI=1S/C22H26N4O2/c1-22(2,3)19-14-20-23-12-11-17(26(20)24-19)16-9-7-13-25(16)21(27)15-8-5-6-10-18(15)28-4/h5-6,8,10-12,14,16H,7,9,13H2,1-4H3/t16-/m1/s1. The predicted octanol–water partition coefficient (Wildman–Crippen LogP) is 4.01. The quantitative estimate of drug-likeness (QED) is 0.691. The normalized spacial score (nSPS) is 17.3. The molecule has 1 aliphatic heterocycles. The molecule has 0 radical (unpaired) electrons. The van der Waals surface area contributed by atoms with Gasteiger partial charge in [-0.25, -0.2) is 9.50 Å². The van der Waals surface area contributed by atoms with E-state index in [1.54, 1.807) is 7.11 Å². The number of fused-ring (bicyclic) bond motifs is 1. The van der Waals surface area contributed by atoms with Crippen LogP contribution in [0.3, 0.4) is 0 Å². The maximum Gasteiger partial charge on any atom is 0.258 e. The van der Waals surface area contributed by atoms with Gasteiger partial charge in [0.15, 0.2) is 5.65 Å². The molecule has 1 aromatic carbocycles. The Morgan fingerprint density at radius 2 is 2.00 bits per heavy atom. The number of hydrogen-bond donors (Lipinski definition) is 0. The molecule has 1 aliphatic rings. The van der Waals surface area contributed by atoms with Crippen LogP contribution < -0.4 is 4.74 Å². The minimum atomic E-state index is -0.0619. The van der Waals surface area contributed by atoms with Crippen LogP contribution in [0, 0.1) is 0 Å². The zero-order valence-corrected chi connectivity index (χ0v) is 16.8. The summed E-state index contributed by atoms with van der Waals surface area (Å²) in [6.45, 7) is 7.14. The van der Waals surface area contributed by atoms with E-state index >= 15 is 0 Å². The van der Waals surface area contributed by atoms with Crippen LogP contribution in [0.4, 0.5) is 0 Å². The van der Waals surface area contributed by atoms with E-state index in [1.165, 1.54) is 0 Å². The van der Waals surface area contributed by atoms with Gasteiger partial charge in [-0.05, 0) is 31.0 Å². The lowest BCUT2D eigenvalue weighted by Crippen LogP contribution is -2.32. The Labute approximate surface area is 165 Å². The van der Waals surface area contributed by atoms with Crippen LogP contribution in [0.25, 0.3) is 5.65 Å². The number of amides is 1. The van der Waals surface area contributed by atoms with Crippen molar-refractivity contribution in [3.8, 4) is 5.75 Å². The summed E-state index contributed by atoms with van der Waals surface area (Å²) in [5, 5.41) is 4.82. The second kappa shape index (κ2) is 6.93. The van der Waals surface area contributed by atoms with E-state index in [0.29, 0.717) is 11.3 Å². The van der Waals surface area contributed by atoms with Crippen LogP contribution >= 0.6 is 0 Å². The minimum Gasteiger partial charge on any atom is -0.496 e. The highest BCUT2D eigenvalue weighted by molar-refractivity contribution is 5.97. The molecule has 6 heteroatoms. The van der Waals surface area contributed by atoms with Gasteiger partial charge in [-0.1, -0.05) is 32.9 Å². The number of para-hydroxylation sites is 1. The van der Waals surface area contributed by atoms with Gasteiger partial charge in [0, 0.05) is 24.2 Å². The van der Waals surface area contributed by atoms with Crippen molar-refractivity contribution in [3.63, 3.8) is 0 Å². The number of likely N-dealkylation sites (tertiary alicyclic amines) is 1. The second-order valence-electron chi connectivity index (χ2n) is 8.28. The first-order valence-corrected chi connectivity index (χ1v) is 9.69. The molecule has 0 aliphatic carbocycles. The molecule has 1 amide bonds. The SMILES string of the molecule is COc1ccccc1C(=O)N1CCC[C@@H]1c1ccnc2cc(C(C)(C)C)nn12. The Morgan fingerprint density at radius 3 is 2.75 bits per heavy atom. The summed E-state index contributed by atoms with van der Waals surface area (Å²) in [7, 11) is 1.59. The van der Waals surface area contributed by atoms with Crippen molar-refractivity contribution in [2.75, 3.05) is 13.7 Å². The smallest absolute Gasteiger partial charge is 0.258 e. The second-order valence-corrected chi connectivity index (χ2v) is 8.28. The van der Waals surface area contributed by atoms with E-state index in [-0.39, 0.29) is 17.4 Å². The van der Waals surface area contributed by atoms with Crippen molar-refractivity contribution in [1.29, 1.82) is 0 Å². The molecular weight excluding hydrogens is 352 g/mol. The van der Waals surface area contributed by atoms with Crippen molar-refractivity contribution in [2.24, 2.45) is 0 Å². The first kappa shape index (κ1) is 18.5. The molecular formula is C22H26N4O2. The first-order chi connectivity index (χ1) is 13.4. The average molecular weight is 378 g/mol. The maximum absolute atomic E-state index is 13.3. The summed E-state index contributed by atoms with van der Waals surface area (Å²) >= 11 is 0. The van der Waals surface area contributed by atoms with E-state index in [0.717, 1.165) is 36.4 Å². The fourth-order valence-electron chi connectivity index (χ4n) is 3.83. The Morgan fingerprint density at radius 1 is 1.21 bits per heavy atom. The molecule has 6 nitrogen and oxygen atoms in total. The third-order valence-electron chi connectivity index (χ3n) is 5.35. The van der Waals surface area contributed by atoms with Crippen molar-refractivity contribution >= 4 is 11.6 Å². The Kier molecular flexibility index (Phi) is 4.57. The van der Waals surface area contributed by atoms with E-state index in [9.17, 15) is 4.79 Å². The predicted molar refractivity (Wildman–Crippen MR) is 108 cm³/mol. The number of methoxy groups -OCH3 is 1. The van der Waals surface area contributed by atoms with Gasteiger partial charge in [-0.3, -0.25) is 4.79 Å². The molecule has 4 rings (SSSR count). The number of carbonyl (C=O) groups is 1. The number of ether oxygens (including phenoxy) is 1. The molecule has 2 aromatic heterocycles. The van der Waals surface area contributed by atoms with Crippen LogP contribution in [0.2, 0.25) is 0 Å². The lowest BCUT2D eigenvalue weighted by molar-refractivity contribution is 0.0728. The zero-order valence-electron chi connectivity index (χ0n) is 16.8. The Balaban J connectivity index is 1.74. The minimum absolute atomic E-state index is 0.00638. The molecule has 0 N–H and O–H groups in total. The molecule has 1 saturated heterocycles. The van der Waals surface area contributed by atoms with E-state index in [1.807, 2.05) is 52.0 Å². The summed E-state index contributed by atoms with van der Waals surface area (Å²) < 4.78 is 7.30. The van der Waals surface area contributed by atoms with Gasteiger partial charge in [0.25, 0.3) is 5.91 Å². The Bertz CT molecular complexity index is 1020. The zero-order chi connectivity index (χ0) is 19.9. The highest BCUT2D eigenvalue weighted by atomic mass is 16.5. The third kappa shape index (κ3) is 3.13. The van der Waals surface area contributed by atoms with Crippen molar-refractivity contribution < 1.29 is 9.53 Å². The van der Waals surface area contributed by atoms with Crippen molar-refractivity contribution in [2.45, 2.75) is 45.1 Å². The molecule has 3 aromatic rings. The first-order valence-electron chi connectivity index (χ1n) is 9.69. The number of aromatic nitrogens is 3. The van der Waals surface area contributed by atoms with Gasteiger partial charge in [0.05, 0.1) is 30.1 Å². The molecule has 1 fully saturated rings. The van der Waals surface area contributed by atoms with Gasteiger partial charge in [0.1, 0.15) is 5.75 Å². The molecule has 28 heavy (non-hydrogen) atoms. The molecule has 0 unspecified atom stereocenters. The van der Waals surface area contributed by atoms with Crippen LogP contribution in [-0.4, -0.2) is 39.1 Å². The van der Waals surface area contributed by atoms with Crippen LogP contribution in [0.15, 0.2) is 42.6 Å². The van der Waals surface area contributed by atoms with E-state index < -0.39 is 0 Å². The summed E-state index contributed by atoms with van der Waals surface area (Å²) in [5.41, 5.74) is 3.35. The van der Waals surface area contributed by atoms with Gasteiger partial charge >= 0.3 is 0 Å². The van der Waals surface area contributed by atoms with Gasteiger partial charge in [-0.2, -0.15) is 5.10 Å². The fraction of sp³-hybridized carbons (Fsp3) is 0.409. The molecule has 1 atom stereocenters. The lowest BCUT2D eigenvalue weighted by atomic mass is 9.93. The number of nitrogens with zero attached hydrogens (tertiary/aromatic N) is 4. The summed E-state index contributed by atoms with van der Waals surface area (Å²) in [6, 6.07) is 11.4. The largest absolute Gasteiger partial charge is 0.496 e. The molecule has 0 spiro atoms. The maximum atomic E-state index is 13.3. The number of carbonyl (C=O) groups excluding carboxylic acids is 1. The summed E-state index contributed by atoms with van der Waals surface area (Å²) in [6.07, 6.45) is 3.68. The van der Waals surface area contributed by atoms with Crippen LogP contribution in [-0.2, 0) is 5.41 Å². The van der Waals surface area contributed by atoms with Crippen molar-refractivity contribution in [1.82, 2.24) is 19.5 Å².